The highest BCUT2D eigenvalue weighted by atomic mass is 35.5. The third-order valence-corrected chi connectivity index (χ3v) is 8.02. The molecule has 4 aromatic rings. The van der Waals surface area contributed by atoms with E-state index >= 15 is 4.39 Å². The molecule has 1 amide bonds. The Bertz CT molecular complexity index is 1630. The van der Waals surface area contributed by atoms with Crippen LogP contribution in [0, 0.1) is 23.0 Å². The van der Waals surface area contributed by atoms with E-state index in [0.717, 1.165) is 17.4 Å². The van der Waals surface area contributed by atoms with Crippen LogP contribution in [0.1, 0.15) is 40.0 Å². The smallest absolute Gasteiger partial charge is 0.256 e. The van der Waals surface area contributed by atoms with E-state index in [4.69, 9.17) is 28.8 Å². The van der Waals surface area contributed by atoms with Crippen molar-refractivity contribution in [3.05, 3.63) is 69.4 Å². The molecule has 2 aromatic heterocycles. The van der Waals surface area contributed by atoms with Gasteiger partial charge >= 0.3 is 0 Å². The van der Waals surface area contributed by atoms with Crippen LogP contribution in [0.5, 0.6) is 0 Å². The van der Waals surface area contributed by atoms with Crippen molar-refractivity contribution in [2.45, 2.75) is 19.4 Å². The van der Waals surface area contributed by atoms with Crippen LogP contribution in [0.3, 0.4) is 0 Å². The molecular weight excluding hydrogens is 506 g/mol. The summed E-state index contributed by atoms with van der Waals surface area (Å²) in [6.07, 6.45) is 1.85. The quantitative estimate of drug-likeness (QED) is 0.312. The molecule has 0 saturated carbocycles. The Labute approximate surface area is 213 Å². The molecule has 2 aromatic carbocycles. The Morgan fingerprint density at radius 2 is 1.97 bits per heavy atom. The Morgan fingerprint density at radius 1 is 1.22 bits per heavy atom. The Kier molecular flexibility index (Phi) is 5.70. The lowest BCUT2D eigenvalue weighted by molar-refractivity contribution is 0.0674. The maximum Gasteiger partial charge on any atom is 0.256 e. The molecule has 182 valence electrons. The fourth-order valence-corrected chi connectivity index (χ4v) is 6.11. The first kappa shape index (κ1) is 23.8. The molecule has 0 spiro atoms. The van der Waals surface area contributed by atoms with Crippen LogP contribution in [-0.4, -0.2) is 22.3 Å². The van der Waals surface area contributed by atoms with E-state index in [2.05, 4.69) is 4.98 Å². The van der Waals surface area contributed by atoms with Gasteiger partial charge in [-0.05, 0) is 36.6 Å². The molecule has 0 bridgehead atoms. The number of nitrogen functional groups attached to an aromatic ring is 3. The normalized spacial score (nSPS) is 14.1. The fraction of sp³-hybridized carbons (Fsp3) is 0.160. The first-order valence-electron chi connectivity index (χ1n) is 10.9. The molecule has 1 atom stereocenters. The van der Waals surface area contributed by atoms with Gasteiger partial charge in [0.2, 0.25) is 0 Å². The molecule has 36 heavy (non-hydrogen) atoms. The SMILES string of the molecule is C[C@@H](c1cccnc1N)N1CCc2c(Cl)c(-c3ccc(F)c4sc(N)c(C#N)c34)c(F)c(N)c2C1=O. The lowest BCUT2D eigenvalue weighted by atomic mass is 9.89. The van der Waals surface area contributed by atoms with Crippen molar-refractivity contribution in [3.63, 3.8) is 0 Å². The van der Waals surface area contributed by atoms with E-state index in [0.29, 0.717) is 23.4 Å². The summed E-state index contributed by atoms with van der Waals surface area (Å²) >= 11 is 7.61. The summed E-state index contributed by atoms with van der Waals surface area (Å²) in [7, 11) is 0. The fourth-order valence-electron chi connectivity index (χ4n) is 4.79. The number of nitrogens with two attached hydrogens (primary N) is 3. The first-order chi connectivity index (χ1) is 17.2. The third-order valence-electron chi connectivity index (χ3n) is 6.58. The van der Waals surface area contributed by atoms with E-state index in [-0.39, 0.29) is 54.6 Å². The predicted octanol–water partition coefficient (Wildman–Crippen LogP) is 5.27. The van der Waals surface area contributed by atoms with E-state index in [1.54, 1.807) is 30.2 Å². The van der Waals surface area contributed by atoms with E-state index in [1.807, 2.05) is 6.07 Å². The summed E-state index contributed by atoms with van der Waals surface area (Å²) in [5.41, 5.74) is 18.9. The number of nitriles is 1. The number of halogens is 3. The number of anilines is 3. The molecule has 7 nitrogen and oxygen atoms in total. The molecule has 0 unspecified atom stereocenters. The predicted molar refractivity (Wildman–Crippen MR) is 138 cm³/mol. The number of benzene rings is 2. The number of amides is 1. The Hall–Kier alpha value is -3.94. The number of hydrogen-bond acceptors (Lipinski definition) is 7. The molecule has 5 rings (SSSR count). The summed E-state index contributed by atoms with van der Waals surface area (Å²) in [5, 5.41) is 9.87. The molecular formula is C25H19ClF2N6OS. The van der Waals surface area contributed by atoms with E-state index in [1.165, 1.54) is 6.07 Å². The minimum Gasteiger partial charge on any atom is -0.396 e. The molecule has 0 saturated heterocycles. The van der Waals surface area contributed by atoms with Crippen LogP contribution < -0.4 is 17.2 Å². The van der Waals surface area contributed by atoms with Crippen molar-refractivity contribution in [1.29, 1.82) is 5.26 Å². The molecule has 0 fully saturated rings. The summed E-state index contributed by atoms with van der Waals surface area (Å²) in [5.74, 6) is -1.72. The molecule has 6 N–H and O–H groups in total. The summed E-state index contributed by atoms with van der Waals surface area (Å²) in [6, 6.07) is 7.51. The lowest BCUT2D eigenvalue weighted by Crippen LogP contribution is -2.40. The van der Waals surface area contributed by atoms with Gasteiger partial charge < -0.3 is 22.1 Å². The van der Waals surface area contributed by atoms with Crippen LogP contribution in [0.25, 0.3) is 21.2 Å². The standard InChI is InChI=1S/C25H19ClF2N6OS/c1-10(11-3-2-7-33-23(11)31)34-8-6-13-18(25(34)35)21(30)20(28)17(19(13)26)12-4-5-15(27)22-16(12)14(9-29)24(32)36-22/h2-5,7,10H,6,8,30,32H2,1H3,(H2,31,33)/t10-/m0/s1. The van der Waals surface area contributed by atoms with Gasteiger partial charge in [-0.25, -0.2) is 13.8 Å². The van der Waals surface area contributed by atoms with E-state index in [9.17, 15) is 14.4 Å². The van der Waals surface area contributed by atoms with Crippen molar-refractivity contribution in [2.24, 2.45) is 0 Å². The number of aromatic nitrogens is 1. The second kappa shape index (κ2) is 8.62. The van der Waals surface area contributed by atoms with Crippen LogP contribution >= 0.6 is 22.9 Å². The summed E-state index contributed by atoms with van der Waals surface area (Å²) < 4.78 is 30.5. The number of hydrogen-bond donors (Lipinski definition) is 3. The summed E-state index contributed by atoms with van der Waals surface area (Å²) in [4.78, 5) is 19.2. The number of pyridine rings is 1. The minimum atomic E-state index is -0.927. The zero-order valence-corrected chi connectivity index (χ0v) is 20.5. The molecule has 11 heteroatoms. The Morgan fingerprint density at radius 3 is 2.67 bits per heavy atom. The van der Waals surface area contributed by atoms with Gasteiger partial charge in [-0.15, -0.1) is 11.3 Å². The van der Waals surface area contributed by atoms with Crippen LogP contribution in [-0.2, 0) is 6.42 Å². The largest absolute Gasteiger partial charge is 0.396 e. The molecule has 1 aliphatic heterocycles. The van der Waals surface area contributed by atoms with Gasteiger partial charge in [0.1, 0.15) is 22.7 Å². The highest BCUT2D eigenvalue weighted by molar-refractivity contribution is 7.23. The molecule has 0 radical (unpaired) electrons. The molecule has 0 aliphatic carbocycles. The van der Waals surface area contributed by atoms with Crippen LogP contribution in [0.2, 0.25) is 5.02 Å². The topological polar surface area (TPSA) is 135 Å². The molecule has 1 aliphatic rings. The van der Waals surface area contributed by atoms with Crippen LogP contribution in [0.15, 0.2) is 30.5 Å². The maximum absolute atomic E-state index is 15.9. The van der Waals surface area contributed by atoms with Gasteiger partial charge in [0, 0.05) is 29.3 Å². The van der Waals surface area contributed by atoms with Crippen molar-refractivity contribution in [3.8, 4) is 17.2 Å². The average Bonchev–Trinajstić information content (AvgIpc) is 3.20. The number of thiophene rings is 1. The number of carbonyl (C=O) groups is 1. The number of nitrogens with zero attached hydrogens (tertiary/aromatic N) is 3. The van der Waals surface area contributed by atoms with Gasteiger partial charge in [-0.3, -0.25) is 4.79 Å². The van der Waals surface area contributed by atoms with Gasteiger partial charge in [-0.1, -0.05) is 23.7 Å². The number of carbonyl (C=O) groups excluding carboxylic acids is 1. The van der Waals surface area contributed by atoms with Crippen molar-refractivity contribution in [2.75, 3.05) is 23.7 Å². The van der Waals surface area contributed by atoms with Crippen LogP contribution in [0.4, 0.5) is 25.3 Å². The van der Waals surface area contributed by atoms with Crippen molar-refractivity contribution in [1.82, 2.24) is 9.88 Å². The third kappa shape index (κ3) is 3.35. The second-order valence-corrected chi connectivity index (χ2v) is 9.85. The van der Waals surface area contributed by atoms with Gasteiger partial charge in [-0.2, -0.15) is 5.26 Å². The highest BCUT2D eigenvalue weighted by Gasteiger charge is 2.36. The zero-order chi connectivity index (χ0) is 25.9. The van der Waals surface area contributed by atoms with Gasteiger partial charge in [0.05, 0.1) is 32.6 Å². The first-order valence-corrected chi connectivity index (χ1v) is 12.1. The van der Waals surface area contributed by atoms with Crippen molar-refractivity contribution >= 4 is 55.4 Å². The van der Waals surface area contributed by atoms with Crippen molar-refractivity contribution < 1.29 is 13.6 Å². The average molecular weight is 525 g/mol. The summed E-state index contributed by atoms with van der Waals surface area (Å²) in [6.45, 7) is 2.08. The van der Waals surface area contributed by atoms with Gasteiger partial charge in [0.15, 0.2) is 5.82 Å². The maximum atomic E-state index is 15.9. The highest BCUT2D eigenvalue weighted by Crippen LogP contribution is 2.47. The monoisotopic (exact) mass is 524 g/mol. The van der Waals surface area contributed by atoms with E-state index < -0.39 is 23.6 Å². The second-order valence-electron chi connectivity index (χ2n) is 8.42. The number of fused-ring (bicyclic) bond motifs is 2. The zero-order valence-electron chi connectivity index (χ0n) is 18.9. The van der Waals surface area contributed by atoms with Gasteiger partial charge in [0.25, 0.3) is 5.91 Å². The molecule has 3 heterocycles. The lowest BCUT2D eigenvalue weighted by Gasteiger charge is -2.35. The number of rotatable bonds is 3. The minimum absolute atomic E-state index is 0.0141. The Balaban J connectivity index is 1.69.